The minimum Gasteiger partial charge on any atom is -0.508 e. The zero-order valence-corrected chi connectivity index (χ0v) is 13.9. The van der Waals surface area contributed by atoms with Crippen LogP contribution in [-0.2, 0) is 0 Å². The second-order valence-corrected chi connectivity index (χ2v) is 6.54. The Balaban J connectivity index is 1.92. The van der Waals surface area contributed by atoms with Gasteiger partial charge in [-0.2, -0.15) is 0 Å². The van der Waals surface area contributed by atoms with Gasteiger partial charge in [0.05, 0.1) is 5.39 Å². The van der Waals surface area contributed by atoms with Crippen molar-refractivity contribution < 1.29 is 5.11 Å². The number of nitrogens with one attached hydrogen (secondary N) is 1. The van der Waals surface area contributed by atoms with Gasteiger partial charge in [-0.1, -0.05) is 29.8 Å². The SMILES string of the molecule is O=c1[nH]c(-c2ccc(O)cc2)nc2scc(-c3ccccc3Cl)c12. The largest absolute Gasteiger partial charge is 0.508 e. The van der Waals surface area contributed by atoms with E-state index in [4.69, 9.17) is 11.6 Å². The number of hydrogen-bond acceptors (Lipinski definition) is 4. The van der Waals surface area contributed by atoms with E-state index in [9.17, 15) is 9.90 Å². The highest BCUT2D eigenvalue weighted by molar-refractivity contribution is 7.17. The van der Waals surface area contributed by atoms with Crippen molar-refractivity contribution in [3.8, 4) is 28.3 Å². The van der Waals surface area contributed by atoms with Crippen molar-refractivity contribution in [2.24, 2.45) is 0 Å². The number of aromatic hydroxyl groups is 1. The Morgan fingerprint density at radius 1 is 1.04 bits per heavy atom. The maximum atomic E-state index is 12.6. The second-order valence-electron chi connectivity index (χ2n) is 5.27. The number of fused-ring (bicyclic) bond motifs is 1. The van der Waals surface area contributed by atoms with Crippen molar-refractivity contribution >= 4 is 33.2 Å². The number of aromatic amines is 1. The summed E-state index contributed by atoms with van der Waals surface area (Å²) in [4.78, 5) is 20.6. The van der Waals surface area contributed by atoms with Crippen molar-refractivity contribution in [2.45, 2.75) is 0 Å². The lowest BCUT2D eigenvalue weighted by Gasteiger charge is -2.04. The van der Waals surface area contributed by atoms with Crippen LogP contribution in [0.4, 0.5) is 0 Å². The van der Waals surface area contributed by atoms with Crippen LogP contribution in [0.1, 0.15) is 0 Å². The first kappa shape index (κ1) is 14.9. The van der Waals surface area contributed by atoms with Crippen molar-refractivity contribution in [1.29, 1.82) is 0 Å². The van der Waals surface area contributed by atoms with Gasteiger partial charge in [-0.15, -0.1) is 11.3 Å². The maximum absolute atomic E-state index is 12.6. The van der Waals surface area contributed by atoms with Gasteiger partial charge in [0.25, 0.3) is 5.56 Å². The fourth-order valence-corrected chi connectivity index (χ4v) is 3.76. The summed E-state index contributed by atoms with van der Waals surface area (Å²) in [5.74, 6) is 0.638. The number of benzene rings is 2. The molecule has 6 heteroatoms. The number of rotatable bonds is 2. The number of H-pyrrole nitrogens is 1. The molecule has 2 heterocycles. The first-order valence-corrected chi connectivity index (χ1v) is 8.45. The van der Waals surface area contributed by atoms with E-state index >= 15 is 0 Å². The Morgan fingerprint density at radius 3 is 2.54 bits per heavy atom. The van der Waals surface area contributed by atoms with Gasteiger partial charge in [-0.25, -0.2) is 4.98 Å². The molecule has 0 aliphatic rings. The molecule has 0 amide bonds. The molecule has 24 heavy (non-hydrogen) atoms. The van der Waals surface area contributed by atoms with E-state index in [0.717, 1.165) is 16.7 Å². The number of phenolic OH excluding ortho intramolecular Hbond substituents is 1. The Morgan fingerprint density at radius 2 is 1.79 bits per heavy atom. The smallest absolute Gasteiger partial charge is 0.260 e. The number of nitrogens with zero attached hydrogens (tertiary/aromatic N) is 1. The highest BCUT2D eigenvalue weighted by Gasteiger charge is 2.15. The average Bonchev–Trinajstić information content (AvgIpc) is 3.00. The number of aromatic nitrogens is 2. The lowest BCUT2D eigenvalue weighted by molar-refractivity contribution is 0.475. The molecule has 2 N–H and O–H groups in total. The van der Waals surface area contributed by atoms with E-state index in [0.29, 0.717) is 21.1 Å². The quantitative estimate of drug-likeness (QED) is 0.549. The molecule has 4 nitrogen and oxygen atoms in total. The van der Waals surface area contributed by atoms with Gasteiger partial charge in [0.2, 0.25) is 0 Å². The van der Waals surface area contributed by atoms with Crippen LogP contribution in [0.3, 0.4) is 0 Å². The van der Waals surface area contributed by atoms with Gasteiger partial charge in [0.1, 0.15) is 16.4 Å². The lowest BCUT2D eigenvalue weighted by atomic mass is 10.1. The highest BCUT2D eigenvalue weighted by Crippen LogP contribution is 2.35. The van der Waals surface area contributed by atoms with Crippen LogP contribution in [0.15, 0.2) is 58.7 Å². The molecule has 0 spiro atoms. The summed E-state index contributed by atoms with van der Waals surface area (Å²) >= 11 is 7.66. The molecule has 118 valence electrons. The van der Waals surface area contributed by atoms with Crippen LogP contribution in [-0.4, -0.2) is 15.1 Å². The normalized spacial score (nSPS) is 11.0. The van der Waals surface area contributed by atoms with Crippen LogP contribution in [0.5, 0.6) is 5.75 Å². The molecule has 0 radical (unpaired) electrons. The van der Waals surface area contributed by atoms with Gasteiger partial charge in [-0.3, -0.25) is 4.79 Å². The van der Waals surface area contributed by atoms with Gasteiger partial charge in [0, 0.05) is 27.1 Å². The molecular weight excluding hydrogens is 344 g/mol. The molecular formula is C18H11ClN2O2S. The third kappa shape index (κ3) is 2.48. The molecule has 0 atom stereocenters. The zero-order chi connectivity index (χ0) is 16.7. The Labute approximate surface area is 146 Å². The summed E-state index contributed by atoms with van der Waals surface area (Å²) in [6, 6.07) is 14.0. The molecule has 0 unspecified atom stereocenters. The van der Waals surface area contributed by atoms with Gasteiger partial charge in [-0.05, 0) is 30.3 Å². The number of thiophene rings is 1. The molecule has 2 aromatic heterocycles. The van der Waals surface area contributed by atoms with Crippen molar-refractivity contribution in [1.82, 2.24) is 9.97 Å². The van der Waals surface area contributed by atoms with E-state index in [1.165, 1.54) is 11.3 Å². The lowest BCUT2D eigenvalue weighted by Crippen LogP contribution is -2.09. The fourth-order valence-electron chi connectivity index (χ4n) is 2.58. The van der Waals surface area contributed by atoms with Gasteiger partial charge in [0.15, 0.2) is 0 Å². The molecule has 0 saturated carbocycles. The third-order valence-corrected chi connectivity index (χ3v) is 4.95. The van der Waals surface area contributed by atoms with Crippen LogP contribution < -0.4 is 5.56 Å². The molecule has 4 aromatic rings. The third-order valence-electron chi connectivity index (χ3n) is 3.75. The topological polar surface area (TPSA) is 66.0 Å². The fraction of sp³-hybridized carbons (Fsp3) is 0. The van der Waals surface area contributed by atoms with E-state index < -0.39 is 0 Å². The summed E-state index contributed by atoms with van der Waals surface area (Å²) in [6.07, 6.45) is 0. The summed E-state index contributed by atoms with van der Waals surface area (Å²) in [7, 11) is 0. The zero-order valence-electron chi connectivity index (χ0n) is 12.3. The Kier molecular flexibility index (Phi) is 3.59. The van der Waals surface area contributed by atoms with E-state index in [1.807, 2.05) is 23.6 Å². The second kappa shape index (κ2) is 5.78. The predicted molar refractivity (Wildman–Crippen MR) is 97.8 cm³/mol. The Hall–Kier alpha value is -2.63. The molecule has 0 aliphatic heterocycles. The summed E-state index contributed by atoms with van der Waals surface area (Å²) in [5.41, 5.74) is 2.13. The monoisotopic (exact) mass is 354 g/mol. The van der Waals surface area contributed by atoms with Gasteiger partial charge < -0.3 is 10.1 Å². The standard InChI is InChI=1S/C18H11ClN2O2S/c19-14-4-2-1-3-12(14)13-9-24-18-15(13)17(23)20-16(21-18)10-5-7-11(22)8-6-10/h1-9,22H,(H,20,21,23). The molecule has 0 aliphatic carbocycles. The number of halogens is 1. The maximum Gasteiger partial charge on any atom is 0.260 e. The molecule has 4 rings (SSSR count). The van der Waals surface area contributed by atoms with Crippen molar-refractivity contribution in [3.05, 3.63) is 69.3 Å². The highest BCUT2D eigenvalue weighted by atomic mass is 35.5. The first-order valence-electron chi connectivity index (χ1n) is 7.19. The van der Waals surface area contributed by atoms with Gasteiger partial charge >= 0.3 is 0 Å². The van der Waals surface area contributed by atoms with Crippen LogP contribution in [0.2, 0.25) is 5.02 Å². The summed E-state index contributed by atoms with van der Waals surface area (Å²) in [6.45, 7) is 0. The van der Waals surface area contributed by atoms with E-state index in [1.54, 1.807) is 30.3 Å². The van der Waals surface area contributed by atoms with Crippen molar-refractivity contribution in [3.63, 3.8) is 0 Å². The molecule has 0 fully saturated rings. The van der Waals surface area contributed by atoms with Crippen molar-refractivity contribution in [2.75, 3.05) is 0 Å². The van der Waals surface area contributed by atoms with E-state index in [2.05, 4.69) is 9.97 Å². The first-order chi connectivity index (χ1) is 11.6. The average molecular weight is 355 g/mol. The molecule has 0 saturated heterocycles. The predicted octanol–water partition coefficient (Wildman–Crippen LogP) is 4.68. The molecule has 2 aromatic carbocycles. The van der Waals surface area contributed by atoms with E-state index in [-0.39, 0.29) is 11.3 Å². The summed E-state index contributed by atoms with van der Waals surface area (Å²) in [5, 5.41) is 12.4. The van der Waals surface area contributed by atoms with Crippen LogP contribution >= 0.6 is 22.9 Å². The number of hydrogen-bond donors (Lipinski definition) is 2. The Bertz CT molecular complexity index is 1100. The minimum atomic E-state index is -0.209. The van der Waals surface area contributed by atoms with Crippen LogP contribution in [0.25, 0.3) is 32.7 Å². The van der Waals surface area contributed by atoms with Crippen LogP contribution in [0, 0.1) is 0 Å². The summed E-state index contributed by atoms with van der Waals surface area (Å²) < 4.78 is 0. The number of phenols is 1. The molecule has 0 bridgehead atoms. The minimum absolute atomic E-state index is 0.166.